The van der Waals surface area contributed by atoms with E-state index in [1.807, 2.05) is 0 Å². The van der Waals surface area contributed by atoms with Gasteiger partial charge in [-0.2, -0.15) is 0 Å². The Labute approximate surface area is 82.0 Å². The number of aliphatic hydroxyl groups is 1. The second-order valence-corrected chi connectivity index (χ2v) is 4.49. The minimum Gasteiger partial charge on any atom is -0.510 e. The smallest absolute Gasteiger partial charge is 0.219 e. The third-order valence-corrected chi connectivity index (χ3v) is 3.23. The fraction of sp³-hybridized carbons (Fsp3) is 0.300. The highest BCUT2D eigenvalue weighted by Crippen LogP contribution is 2.42. The van der Waals surface area contributed by atoms with Crippen LogP contribution in [-0.2, 0) is 4.79 Å². The van der Waals surface area contributed by atoms with Gasteiger partial charge in [0.1, 0.15) is 5.76 Å². The molecule has 0 aromatic carbocycles. The predicted octanol–water partition coefficient (Wildman–Crippen LogP) is 2.59. The van der Waals surface area contributed by atoms with Gasteiger partial charge in [0.2, 0.25) is 5.12 Å². The van der Waals surface area contributed by atoms with Crippen molar-refractivity contribution >= 4 is 16.9 Å². The summed E-state index contributed by atoms with van der Waals surface area (Å²) in [7, 11) is 0. The van der Waals surface area contributed by atoms with Gasteiger partial charge in [-0.1, -0.05) is 36.6 Å². The lowest BCUT2D eigenvalue weighted by atomic mass is 10.1. The Morgan fingerprint density at radius 1 is 1.62 bits per heavy atom. The molecule has 0 saturated carbocycles. The third kappa shape index (κ3) is 1.70. The van der Waals surface area contributed by atoms with Gasteiger partial charge >= 0.3 is 0 Å². The third-order valence-electron chi connectivity index (χ3n) is 1.99. The number of carbonyl (C=O) groups is 1. The molecule has 1 aliphatic rings. The van der Waals surface area contributed by atoms with Crippen molar-refractivity contribution in [3.63, 3.8) is 0 Å². The lowest BCUT2D eigenvalue weighted by molar-refractivity contribution is -0.107. The molecular formula is C10H12O2S. The SMILES string of the molecule is C=CC=CC1(C)SC(=O)C(C)=C1O. The van der Waals surface area contributed by atoms with Gasteiger partial charge in [-0.3, -0.25) is 4.79 Å². The standard InChI is InChI=1S/C10H12O2S/c1-4-5-6-10(3)8(11)7(2)9(12)13-10/h4-6,11H,1H2,2-3H3. The quantitative estimate of drug-likeness (QED) is 0.690. The number of hydrogen-bond acceptors (Lipinski definition) is 3. The molecule has 13 heavy (non-hydrogen) atoms. The molecular weight excluding hydrogens is 184 g/mol. The summed E-state index contributed by atoms with van der Waals surface area (Å²) in [6.07, 6.45) is 5.13. The maximum atomic E-state index is 11.2. The Balaban J connectivity index is 3.03. The lowest BCUT2D eigenvalue weighted by Crippen LogP contribution is -2.16. The van der Waals surface area contributed by atoms with E-state index in [-0.39, 0.29) is 10.9 Å². The first-order valence-corrected chi connectivity index (χ1v) is 4.77. The highest BCUT2D eigenvalue weighted by atomic mass is 32.2. The van der Waals surface area contributed by atoms with E-state index in [9.17, 15) is 9.90 Å². The van der Waals surface area contributed by atoms with Gasteiger partial charge in [-0.25, -0.2) is 0 Å². The van der Waals surface area contributed by atoms with Crippen LogP contribution in [0.2, 0.25) is 0 Å². The van der Waals surface area contributed by atoms with Crippen LogP contribution in [0.4, 0.5) is 0 Å². The van der Waals surface area contributed by atoms with E-state index in [0.717, 1.165) is 11.8 Å². The first kappa shape index (κ1) is 10.1. The number of rotatable bonds is 2. The molecule has 1 N–H and O–H groups in total. The number of aliphatic hydroxyl groups excluding tert-OH is 1. The fourth-order valence-corrected chi connectivity index (χ4v) is 2.18. The van der Waals surface area contributed by atoms with E-state index in [4.69, 9.17) is 0 Å². The largest absolute Gasteiger partial charge is 0.510 e. The topological polar surface area (TPSA) is 37.3 Å². The second-order valence-electron chi connectivity index (χ2n) is 3.06. The molecule has 3 heteroatoms. The highest BCUT2D eigenvalue weighted by Gasteiger charge is 2.39. The molecule has 0 radical (unpaired) electrons. The van der Waals surface area contributed by atoms with Crippen LogP contribution in [0.1, 0.15) is 13.8 Å². The van der Waals surface area contributed by atoms with Crippen LogP contribution in [0.25, 0.3) is 0 Å². The Hall–Kier alpha value is -0.960. The van der Waals surface area contributed by atoms with Crippen LogP contribution in [-0.4, -0.2) is 15.0 Å². The normalized spacial score (nSPS) is 28.9. The summed E-state index contributed by atoms with van der Waals surface area (Å²) < 4.78 is -0.602. The van der Waals surface area contributed by atoms with Crippen LogP contribution in [0.5, 0.6) is 0 Å². The van der Waals surface area contributed by atoms with Crippen molar-refractivity contribution in [3.05, 3.63) is 36.1 Å². The Kier molecular flexibility index (Phi) is 2.66. The minimum absolute atomic E-state index is 0.0614. The van der Waals surface area contributed by atoms with E-state index in [1.165, 1.54) is 0 Å². The first-order chi connectivity index (χ1) is 6.01. The summed E-state index contributed by atoms with van der Waals surface area (Å²) in [5, 5.41) is 9.60. The van der Waals surface area contributed by atoms with Gasteiger partial charge in [-0.15, -0.1) is 0 Å². The number of allylic oxidation sites excluding steroid dienone is 2. The van der Waals surface area contributed by atoms with Crippen molar-refractivity contribution in [2.24, 2.45) is 0 Å². The zero-order valence-electron chi connectivity index (χ0n) is 7.70. The van der Waals surface area contributed by atoms with Crippen LogP contribution >= 0.6 is 11.8 Å². The molecule has 0 aromatic rings. The summed E-state index contributed by atoms with van der Waals surface area (Å²) in [4.78, 5) is 11.2. The second kappa shape index (κ2) is 3.42. The molecule has 70 valence electrons. The molecule has 0 aromatic heterocycles. The van der Waals surface area contributed by atoms with Gasteiger partial charge < -0.3 is 5.11 Å². The maximum absolute atomic E-state index is 11.2. The molecule has 1 aliphatic heterocycles. The van der Waals surface area contributed by atoms with Gasteiger partial charge in [0.05, 0.1) is 4.75 Å². The molecule has 0 saturated heterocycles. The average molecular weight is 196 g/mol. The van der Waals surface area contributed by atoms with Gasteiger partial charge in [-0.05, 0) is 13.8 Å². The summed E-state index contributed by atoms with van der Waals surface area (Å²) in [5.41, 5.74) is 0.446. The fourth-order valence-electron chi connectivity index (χ4n) is 1.15. The summed E-state index contributed by atoms with van der Waals surface area (Å²) in [6.45, 7) is 6.98. The van der Waals surface area contributed by atoms with Gasteiger partial charge in [0, 0.05) is 5.57 Å². The zero-order valence-corrected chi connectivity index (χ0v) is 8.52. The van der Waals surface area contributed by atoms with E-state index >= 15 is 0 Å². The molecule has 2 nitrogen and oxygen atoms in total. The van der Waals surface area contributed by atoms with Crippen LogP contribution in [0.15, 0.2) is 36.1 Å². The van der Waals surface area contributed by atoms with Crippen LogP contribution in [0.3, 0.4) is 0 Å². The van der Waals surface area contributed by atoms with Crippen LogP contribution < -0.4 is 0 Å². The highest BCUT2D eigenvalue weighted by molar-refractivity contribution is 8.16. The zero-order chi connectivity index (χ0) is 10.1. The number of thioether (sulfide) groups is 1. The van der Waals surface area contributed by atoms with Gasteiger partial charge in [0.25, 0.3) is 0 Å². The molecule has 1 atom stereocenters. The average Bonchev–Trinajstić information content (AvgIpc) is 2.28. The minimum atomic E-state index is -0.602. The Morgan fingerprint density at radius 2 is 2.23 bits per heavy atom. The predicted molar refractivity (Wildman–Crippen MR) is 55.7 cm³/mol. The van der Waals surface area contributed by atoms with E-state index < -0.39 is 4.75 Å². The number of carbonyl (C=O) groups excluding carboxylic acids is 1. The van der Waals surface area contributed by atoms with Crippen molar-refractivity contribution in [2.45, 2.75) is 18.6 Å². The van der Waals surface area contributed by atoms with Crippen molar-refractivity contribution < 1.29 is 9.90 Å². The monoisotopic (exact) mass is 196 g/mol. The van der Waals surface area contributed by atoms with Gasteiger partial charge in [0.15, 0.2) is 0 Å². The van der Waals surface area contributed by atoms with Crippen molar-refractivity contribution in [1.29, 1.82) is 0 Å². The van der Waals surface area contributed by atoms with Crippen molar-refractivity contribution in [1.82, 2.24) is 0 Å². The summed E-state index contributed by atoms with van der Waals surface area (Å²) in [6, 6.07) is 0. The molecule has 0 spiro atoms. The molecule has 0 bridgehead atoms. The van der Waals surface area contributed by atoms with Crippen molar-refractivity contribution in [2.75, 3.05) is 0 Å². The Bertz CT molecular complexity index is 315. The molecule has 1 rings (SSSR count). The lowest BCUT2D eigenvalue weighted by Gasteiger charge is -2.16. The maximum Gasteiger partial charge on any atom is 0.219 e. The van der Waals surface area contributed by atoms with E-state index in [1.54, 1.807) is 32.1 Å². The molecule has 1 unspecified atom stereocenters. The number of hydrogen-bond donors (Lipinski definition) is 1. The molecule has 0 aliphatic carbocycles. The summed E-state index contributed by atoms with van der Waals surface area (Å²) in [5.74, 6) is 0.153. The molecule has 1 heterocycles. The molecule has 0 amide bonds. The van der Waals surface area contributed by atoms with E-state index in [2.05, 4.69) is 6.58 Å². The summed E-state index contributed by atoms with van der Waals surface area (Å²) >= 11 is 1.13. The molecule has 0 fully saturated rings. The van der Waals surface area contributed by atoms with E-state index in [0.29, 0.717) is 5.57 Å². The van der Waals surface area contributed by atoms with Crippen molar-refractivity contribution in [3.8, 4) is 0 Å². The Morgan fingerprint density at radius 3 is 2.62 bits per heavy atom. The first-order valence-electron chi connectivity index (χ1n) is 3.95. The van der Waals surface area contributed by atoms with Crippen LogP contribution in [0, 0.1) is 0 Å².